The maximum atomic E-state index is 8.02. The Balaban J connectivity index is 2.84. The summed E-state index contributed by atoms with van der Waals surface area (Å²) in [6, 6.07) is 0. The summed E-state index contributed by atoms with van der Waals surface area (Å²) in [6.07, 6.45) is 1.47. The molecule has 0 amide bonds. The third kappa shape index (κ3) is 0.962. The highest BCUT2D eigenvalue weighted by atomic mass is 32.1. The zero-order chi connectivity index (χ0) is 5.98. The van der Waals surface area contributed by atoms with Gasteiger partial charge >= 0.3 is 0 Å². The van der Waals surface area contributed by atoms with E-state index in [9.17, 15) is 0 Å². The molecule has 0 saturated heterocycles. The minimum Gasteiger partial charge on any atom is -0.327 e. The van der Waals surface area contributed by atoms with Gasteiger partial charge in [-0.2, -0.15) is 0 Å². The Labute approximate surface area is 50.5 Å². The number of hydrogen-bond acceptors (Lipinski definition) is 4. The molecule has 1 rings (SSSR count). The van der Waals surface area contributed by atoms with Gasteiger partial charge in [0.25, 0.3) is 0 Å². The highest BCUT2D eigenvalue weighted by Crippen LogP contribution is 2.18. The predicted octanol–water partition coefficient (Wildman–Crippen LogP) is 1.30. The maximum absolute atomic E-state index is 8.02. The Hall–Kier alpha value is -0.610. The molecule has 0 saturated carbocycles. The molecule has 3 nitrogen and oxygen atoms in total. The summed E-state index contributed by atoms with van der Waals surface area (Å²) in [6.45, 7) is 1.84. The van der Waals surface area contributed by atoms with E-state index in [1.54, 1.807) is 0 Å². The first-order chi connectivity index (χ1) is 3.83. The summed E-state index contributed by atoms with van der Waals surface area (Å²) in [5.41, 5.74) is 0. The van der Waals surface area contributed by atoms with Crippen LogP contribution < -0.4 is 4.89 Å². The van der Waals surface area contributed by atoms with Gasteiger partial charge in [0.2, 0.25) is 5.06 Å². The molecule has 1 N–H and O–H groups in total. The topological polar surface area (TPSA) is 42.4 Å². The van der Waals surface area contributed by atoms with Crippen LogP contribution >= 0.6 is 11.3 Å². The molecule has 8 heavy (non-hydrogen) atoms. The van der Waals surface area contributed by atoms with Gasteiger partial charge in [-0.05, 0) is 6.92 Å². The second-order valence-electron chi connectivity index (χ2n) is 1.29. The van der Waals surface area contributed by atoms with Gasteiger partial charge in [-0.1, -0.05) is 11.3 Å². The van der Waals surface area contributed by atoms with E-state index < -0.39 is 0 Å². The zero-order valence-electron chi connectivity index (χ0n) is 4.29. The van der Waals surface area contributed by atoms with Crippen molar-refractivity contribution in [2.75, 3.05) is 0 Å². The lowest BCUT2D eigenvalue weighted by Crippen LogP contribution is -1.75. The molecule has 0 fully saturated rings. The van der Waals surface area contributed by atoms with Crippen LogP contribution in [-0.4, -0.2) is 10.2 Å². The number of aromatic nitrogens is 1. The highest BCUT2D eigenvalue weighted by Gasteiger charge is 1.94. The normalized spacial score (nSPS) is 9.25. The van der Waals surface area contributed by atoms with Crippen LogP contribution in [0.4, 0.5) is 0 Å². The summed E-state index contributed by atoms with van der Waals surface area (Å²) in [5.74, 6) is 0. The molecular weight excluding hydrogens is 126 g/mol. The largest absolute Gasteiger partial charge is 0.327 e. The molecule has 0 unspecified atom stereocenters. The van der Waals surface area contributed by atoms with Gasteiger partial charge in [0.05, 0.1) is 11.2 Å². The van der Waals surface area contributed by atoms with E-state index >= 15 is 0 Å². The molecule has 1 aromatic rings. The Morgan fingerprint density at radius 2 is 2.62 bits per heavy atom. The van der Waals surface area contributed by atoms with E-state index in [0.717, 1.165) is 5.01 Å². The number of thiazole rings is 1. The molecule has 0 aliphatic rings. The van der Waals surface area contributed by atoms with Crippen LogP contribution in [0, 0.1) is 6.92 Å². The fourth-order valence-corrected chi connectivity index (χ4v) is 0.923. The first kappa shape index (κ1) is 5.53. The quantitative estimate of drug-likeness (QED) is 0.461. The van der Waals surface area contributed by atoms with E-state index in [-0.39, 0.29) is 0 Å². The molecule has 4 heteroatoms. The van der Waals surface area contributed by atoms with Crippen molar-refractivity contribution >= 4 is 11.3 Å². The van der Waals surface area contributed by atoms with Crippen molar-refractivity contribution in [2.45, 2.75) is 6.92 Å². The maximum Gasteiger partial charge on any atom is 0.238 e. The minimum absolute atomic E-state index is 0.433. The summed E-state index contributed by atoms with van der Waals surface area (Å²) < 4.78 is 0. The first-order valence-corrected chi connectivity index (χ1v) is 2.88. The van der Waals surface area contributed by atoms with Crippen LogP contribution in [0.15, 0.2) is 6.20 Å². The first-order valence-electron chi connectivity index (χ1n) is 2.07. The minimum atomic E-state index is 0.433. The van der Waals surface area contributed by atoms with Crippen molar-refractivity contribution in [1.29, 1.82) is 0 Å². The van der Waals surface area contributed by atoms with Gasteiger partial charge in [0, 0.05) is 0 Å². The van der Waals surface area contributed by atoms with Crippen LogP contribution in [0.25, 0.3) is 0 Å². The number of aryl methyl sites for hydroxylation is 1. The molecule has 1 heterocycles. The van der Waals surface area contributed by atoms with Crippen LogP contribution in [0.3, 0.4) is 0 Å². The highest BCUT2D eigenvalue weighted by molar-refractivity contribution is 7.13. The van der Waals surface area contributed by atoms with Crippen molar-refractivity contribution in [3.05, 3.63) is 11.2 Å². The third-order valence-electron chi connectivity index (χ3n) is 0.690. The van der Waals surface area contributed by atoms with Crippen LogP contribution in [0.2, 0.25) is 0 Å². The van der Waals surface area contributed by atoms with Crippen molar-refractivity contribution < 1.29 is 10.1 Å². The Kier molecular flexibility index (Phi) is 1.45. The van der Waals surface area contributed by atoms with Crippen molar-refractivity contribution in [3.63, 3.8) is 0 Å². The molecule has 0 radical (unpaired) electrons. The van der Waals surface area contributed by atoms with Gasteiger partial charge in [0.15, 0.2) is 0 Å². The smallest absolute Gasteiger partial charge is 0.238 e. The average molecular weight is 131 g/mol. The van der Waals surface area contributed by atoms with Crippen molar-refractivity contribution in [2.24, 2.45) is 0 Å². The monoisotopic (exact) mass is 131 g/mol. The number of hydrogen-bond donors (Lipinski definition) is 1. The van der Waals surface area contributed by atoms with Crippen molar-refractivity contribution in [3.8, 4) is 5.06 Å². The van der Waals surface area contributed by atoms with Gasteiger partial charge in [-0.15, -0.1) is 0 Å². The summed E-state index contributed by atoms with van der Waals surface area (Å²) >= 11 is 1.30. The standard InChI is InChI=1S/C4H5NO2S/c1-3-5-2-4(7-6)8-3/h2,6H,1H3. The second-order valence-corrected chi connectivity index (χ2v) is 2.49. The zero-order valence-corrected chi connectivity index (χ0v) is 5.10. The summed E-state index contributed by atoms with van der Waals surface area (Å²) in [4.78, 5) is 7.71. The van der Waals surface area contributed by atoms with Crippen LogP contribution in [0.5, 0.6) is 5.06 Å². The molecule has 0 bridgehead atoms. The molecule has 0 atom stereocenters. The molecule has 0 aromatic carbocycles. The SMILES string of the molecule is Cc1ncc(OO)s1. The molecular formula is C4H5NO2S. The van der Waals surface area contributed by atoms with E-state index in [0.29, 0.717) is 5.06 Å². The third-order valence-corrected chi connectivity index (χ3v) is 1.47. The Bertz CT molecular complexity index is 174. The molecule has 44 valence electrons. The Morgan fingerprint density at radius 1 is 1.88 bits per heavy atom. The van der Waals surface area contributed by atoms with Gasteiger partial charge in [-0.3, -0.25) is 0 Å². The lowest BCUT2D eigenvalue weighted by molar-refractivity contribution is -0.134. The fourth-order valence-electron chi connectivity index (χ4n) is 0.384. The molecule has 1 aromatic heterocycles. The molecule has 0 aliphatic carbocycles. The van der Waals surface area contributed by atoms with Crippen LogP contribution in [0.1, 0.15) is 5.01 Å². The molecule has 0 spiro atoms. The summed E-state index contributed by atoms with van der Waals surface area (Å²) in [7, 11) is 0. The van der Waals surface area contributed by atoms with E-state index in [1.165, 1.54) is 17.5 Å². The second kappa shape index (κ2) is 2.11. The Morgan fingerprint density at radius 3 is 2.88 bits per heavy atom. The van der Waals surface area contributed by atoms with Crippen LogP contribution in [-0.2, 0) is 0 Å². The van der Waals surface area contributed by atoms with Gasteiger partial charge in [-0.25, -0.2) is 10.2 Å². The number of nitrogens with zero attached hydrogens (tertiary/aromatic N) is 1. The van der Waals surface area contributed by atoms with Crippen molar-refractivity contribution in [1.82, 2.24) is 4.98 Å². The fraction of sp³-hybridized carbons (Fsp3) is 0.250. The lowest BCUT2D eigenvalue weighted by Gasteiger charge is -1.81. The summed E-state index contributed by atoms with van der Waals surface area (Å²) in [5, 5.41) is 9.34. The molecule has 0 aliphatic heterocycles. The van der Waals surface area contributed by atoms with E-state index in [2.05, 4.69) is 9.87 Å². The number of rotatable bonds is 1. The van der Waals surface area contributed by atoms with Gasteiger partial charge in [0.1, 0.15) is 0 Å². The van der Waals surface area contributed by atoms with E-state index in [1.807, 2.05) is 6.92 Å². The lowest BCUT2D eigenvalue weighted by atomic mass is 10.8. The predicted molar refractivity (Wildman–Crippen MR) is 30.1 cm³/mol. The van der Waals surface area contributed by atoms with E-state index in [4.69, 9.17) is 5.26 Å². The van der Waals surface area contributed by atoms with Gasteiger partial charge < -0.3 is 4.89 Å². The average Bonchev–Trinajstić information content (AvgIpc) is 2.14.